The molecule has 2 heterocycles. The van der Waals surface area contributed by atoms with Gasteiger partial charge in [-0.05, 0) is 42.0 Å². The summed E-state index contributed by atoms with van der Waals surface area (Å²) in [4.78, 5) is 8.64. The first-order valence-electron chi connectivity index (χ1n) is 9.21. The highest BCUT2D eigenvalue weighted by Crippen LogP contribution is 2.26. The average Bonchev–Trinajstić information content (AvgIpc) is 3.16. The maximum atomic E-state index is 9.18. The molecule has 138 valence electrons. The Hall–Kier alpha value is -4.24. The van der Waals surface area contributed by atoms with Crippen molar-refractivity contribution in [1.29, 1.82) is 5.26 Å². The van der Waals surface area contributed by atoms with Gasteiger partial charge in [-0.15, -0.1) is 0 Å². The van der Waals surface area contributed by atoms with Crippen LogP contribution in [-0.2, 0) is 6.54 Å². The summed E-state index contributed by atoms with van der Waals surface area (Å²) in [5.74, 6) is 0.670. The summed E-state index contributed by atoms with van der Waals surface area (Å²) in [7, 11) is 0. The van der Waals surface area contributed by atoms with Crippen LogP contribution in [0, 0.1) is 11.3 Å². The van der Waals surface area contributed by atoms with Crippen LogP contribution in [0.5, 0.6) is 0 Å². The van der Waals surface area contributed by atoms with Gasteiger partial charge in [0.05, 0.1) is 35.4 Å². The van der Waals surface area contributed by atoms with Crippen molar-refractivity contribution in [2.24, 2.45) is 0 Å². The van der Waals surface area contributed by atoms with Crippen molar-refractivity contribution in [2.45, 2.75) is 6.54 Å². The van der Waals surface area contributed by atoms with E-state index in [1.807, 2.05) is 47.3 Å². The van der Waals surface area contributed by atoms with E-state index in [2.05, 4.69) is 44.7 Å². The molecular weight excluding hydrogens is 360 g/mol. The number of hydrogen-bond donors (Lipinski definition) is 1. The molecule has 0 bridgehead atoms. The number of anilines is 2. The third-order valence-corrected chi connectivity index (χ3v) is 4.84. The number of hydrogen-bond acceptors (Lipinski definition) is 5. The van der Waals surface area contributed by atoms with E-state index in [1.165, 1.54) is 11.9 Å². The monoisotopic (exact) mass is 376 g/mol. The summed E-state index contributed by atoms with van der Waals surface area (Å²) >= 11 is 0. The van der Waals surface area contributed by atoms with Crippen LogP contribution >= 0.6 is 0 Å². The fourth-order valence-corrected chi connectivity index (χ4v) is 3.41. The van der Waals surface area contributed by atoms with E-state index in [0.29, 0.717) is 11.4 Å². The Labute approximate surface area is 167 Å². The summed E-state index contributed by atoms with van der Waals surface area (Å²) in [6.07, 6.45) is 3.39. The van der Waals surface area contributed by atoms with E-state index in [-0.39, 0.29) is 0 Å². The third-order valence-electron chi connectivity index (χ3n) is 4.84. The Morgan fingerprint density at radius 2 is 1.86 bits per heavy atom. The number of nitriles is 1. The second-order valence-electron chi connectivity index (χ2n) is 6.75. The second kappa shape index (κ2) is 7.06. The Morgan fingerprint density at radius 1 is 0.966 bits per heavy atom. The highest BCUT2D eigenvalue weighted by molar-refractivity contribution is 5.92. The number of nitrogens with zero attached hydrogens (tertiary/aromatic N) is 5. The number of rotatable bonds is 4. The molecule has 6 nitrogen and oxygen atoms in total. The first-order valence-corrected chi connectivity index (χ1v) is 9.21. The summed E-state index contributed by atoms with van der Waals surface area (Å²) < 4.78 is 1.99. The van der Waals surface area contributed by atoms with Crippen LogP contribution in [0.25, 0.3) is 21.8 Å². The van der Waals surface area contributed by atoms with Gasteiger partial charge in [-0.2, -0.15) is 10.4 Å². The molecule has 0 radical (unpaired) electrons. The smallest absolute Gasteiger partial charge is 0.141 e. The lowest BCUT2D eigenvalue weighted by molar-refractivity contribution is 0.712. The highest BCUT2D eigenvalue weighted by atomic mass is 15.3. The van der Waals surface area contributed by atoms with Gasteiger partial charge in [0, 0.05) is 16.5 Å². The molecule has 5 rings (SSSR count). The van der Waals surface area contributed by atoms with Gasteiger partial charge in [0.1, 0.15) is 12.1 Å². The molecule has 0 amide bonds. The van der Waals surface area contributed by atoms with E-state index >= 15 is 0 Å². The predicted molar refractivity (Wildman–Crippen MR) is 113 cm³/mol. The molecule has 29 heavy (non-hydrogen) atoms. The van der Waals surface area contributed by atoms with Crippen LogP contribution in [0.1, 0.15) is 11.1 Å². The van der Waals surface area contributed by atoms with Crippen LogP contribution in [0.3, 0.4) is 0 Å². The quantitative estimate of drug-likeness (QED) is 0.494. The molecule has 5 aromatic rings. The van der Waals surface area contributed by atoms with E-state index in [1.54, 1.807) is 12.1 Å². The maximum Gasteiger partial charge on any atom is 0.141 e. The fraction of sp³-hybridized carbons (Fsp3) is 0.0435. The molecule has 0 spiro atoms. The van der Waals surface area contributed by atoms with Crippen molar-refractivity contribution < 1.29 is 0 Å². The lowest BCUT2D eigenvalue weighted by atomic mass is 10.1. The lowest BCUT2D eigenvalue weighted by Gasteiger charge is -2.09. The van der Waals surface area contributed by atoms with Crippen molar-refractivity contribution in [3.8, 4) is 6.07 Å². The molecule has 0 saturated carbocycles. The third kappa shape index (κ3) is 3.26. The van der Waals surface area contributed by atoms with Crippen LogP contribution < -0.4 is 5.32 Å². The van der Waals surface area contributed by atoms with E-state index in [0.717, 1.165) is 34.0 Å². The molecule has 1 N–H and O–H groups in total. The molecule has 0 aliphatic heterocycles. The highest BCUT2D eigenvalue weighted by Gasteiger charge is 2.08. The van der Waals surface area contributed by atoms with Gasteiger partial charge >= 0.3 is 0 Å². The topological polar surface area (TPSA) is 79.4 Å². The molecule has 0 fully saturated rings. The van der Waals surface area contributed by atoms with Gasteiger partial charge in [-0.1, -0.05) is 30.3 Å². The number of benzene rings is 3. The van der Waals surface area contributed by atoms with Gasteiger partial charge in [-0.25, -0.2) is 9.97 Å². The van der Waals surface area contributed by atoms with Crippen LogP contribution in [-0.4, -0.2) is 19.7 Å². The van der Waals surface area contributed by atoms with E-state index in [9.17, 15) is 5.26 Å². The maximum absolute atomic E-state index is 9.18. The summed E-state index contributed by atoms with van der Waals surface area (Å²) in [6, 6.07) is 23.9. The minimum absolute atomic E-state index is 0.577. The van der Waals surface area contributed by atoms with Crippen molar-refractivity contribution in [2.75, 3.05) is 5.32 Å². The molecule has 2 aromatic heterocycles. The molecule has 3 aromatic carbocycles. The normalized spacial score (nSPS) is 10.9. The molecular formula is C23H16N6. The van der Waals surface area contributed by atoms with E-state index in [4.69, 9.17) is 0 Å². The molecule has 0 saturated heterocycles. The molecule has 6 heteroatoms. The second-order valence-corrected chi connectivity index (χ2v) is 6.75. The number of fused-ring (bicyclic) bond motifs is 2. The number of aromatic nitrogens is 4. The standard InChI is InChI=1S/C23H16N6/c24-12-17-6-8-21-20(10-17)23(26-15-25-21)28-19-7-9-22-18(11-19)13-27-29(22)14-16-4-2-1-3-5-16/h1-11,13,15H,14H2,(H,25,26,28). The Morgan fingerprint density at radius 3 is 2.72 bits per heavy atom. The largest absolute Gasteiger partial charge is 0.340 e. The number of nitrogens with one attached hydrogen (secondary N) is 1. The minimum atomic E-state index is 0.577. The predicted octanol–water partition coefficient (Wildman–Crippen LogP) is 4.64. The van der Waals surface area contributed by atoms with Crippen LogP contribution in [0.2, 0.25) is 0 Å². The SMILES string of the molecule is N#Cc1ccc2ncnc(Nc3ccc4c(cnn4Cc4ccccc4)c3)c2c1. The van der Waals surface area contributed by atoms with Crippen molar-refractivity contribution in [3.05, 3.63) is 90.4 Å². The average molecular weight is 376 g/mol. The Balaban J connectivity index is 1.48. The van der Waals surface area contributed by atoms with Gasteiger partial charge in [0.2, 0.25) is 0 Å². The summed E-state index contributed by atoms with van der Waals surface area (Å²) in [5, 5.41) is 18.9. The fourth-order valence-electron chi connectivity index (χ4n) is 3.41. The summed E-state index contributed by atoms with van der Waals surface area (Å²) in [5.41, 5.74) is 4.55. The molecule has 0 aliphatic carbocycles. The summed E-state index contributed by atoms with van der Waals surface area (Å²) in [6.45, 7) is 0.727. The first kappa shape index (κ1) is 16.9. The zero-order valence-electron chi connectivity index (χ0n) is 15.4. The first-order chi connectivity index (χ1) is 14.3. The van der Waals surface area contributed by atoms with Crippen molar-refractivity contribution >= 4 is 33.3 Å². The van der Waals surface area contributed by atoms with Crippen LogP contribution in [0.15, 0.2) is 79.3 Å². The van der Waals surface area contributed by atoms with Gasteiger partial charge in [0.15, 0.2) is 0 Å². The van der Waals surface area contributed by atoms with Crippen molar-refractivity contribution in [1.82, 2.24) is 19.7 Å². The van der Waals surface area contributed by atoms with Gasteiger partial charge in [0.25, 0.3) is 0 Å². The van der Waals surface area contributed by atoms with E-state index < -0.39 is 0 Å². The Bertz CT molecular complexity index is 1370. The zero-order valence-corrected chi connectivity index (χ0v) is 15.4. The van der Waals surface area contributed by atoms with Crippen LogP contribution in [0.4, 0.5) is 11.5 Å². The van der Waals surface area contributed by atoms with Gasteiger partial charge in [-0.3, -0.25) is 4.68 Å². The molecule has 0 unspecified atom stereocenters. The molecule has 0 atom stereocenters. The molecule has 0 aliphatic rings. The van der Waals surface area contributed by atoms with Gasteiger partial charge < -0.3 is 5.32 Å². The Kier molecular flexibility index (Phi) is 4.11. The zero-order chi connectivity index (χ0) is 19.6. The minimum Gasteiger partial charge on any atom is -0.340 e. The van der Waals surface area contributed by atoms with Crippen molar-refractivity contribution in [3.63, 3.8) is 0 Å². The lowest BCUT2D eigenvalue weighted by Crippen LogP contribution is -2.01.